The zero-order valence-electron chi connectivity index (χ0n) is 11.0. The molecule has 0 aliphatic carbocycles. The number of nitrogens with zero attached hydrogens (tertiary/aromatic N) is 1. The minimum absolute atomic E-state index is 0.0542. The topological polar surface area (TPSA) is 76.5 Å². The second-order valence-electron chi connectivity index (χ2n) is 4.05. The summed E-state index contributed by atoms with van der Waals surface area (Å²) in [6.07, 6.45) is 2.92. The number of hydrogen-bond donors (Lipinski definition) is 1. The fourth-order valence-corrected chi connectivity index (χ4v) is 1.53. The lowest BCUT2D eigenvalue weighted by atomic mass is 10.0. The van der Waals surface area contributed by atoms with Gasteiger partial charge in [0.05, 0.1) is 6.26 Å². The molecule has 0 amide bonds. The van der Waals surface area contributed by atoms with Crippen molar-refractivity contribution < 1.29 is 19.4 Å². The van der Waals surface area contributed by atoms with Crippen LogP contribution in [0.3, 0.4) is 0 Å². The molecule has 0 aliphatic heterocycles. The van der Waals surface area contributed by atoms with Gasteiger partial charge in [0.2, 0.25) is 0 Å². The van der Waals surface area contributed by atoms with Gasteiger partial charge in [-0.1, -0.05) is 25.8 Å². The molecule has 1 aromatic rings. The van der Waals surface area contributed by atoms with Crippen LogP contribution in [-0.2, 0) is 27.2 Å². The van der Waals surface area contributed by atoms with Crippen LogP contribution in [0, 0.1) is 0 Å². The molecule has 1 aromatic heterocycles. The minimum Gasteiger partial charge on any atom is -0.478 e. The van der Waals surface area contributed by atoms with E-state index in [0.29, 0.717) is 11.3 Å². The summed E-state index contributed by atoms with van der Waals surface area (Å²) in [6.45, 7) is 10.4. The first-order chi connectivity index (χ1) is 9.45. The monoisotopic (exact) mass is 273 g/mol. The number of carbonyl (C=O) groups excluding carboxylic acids is 1. The van der Waals surface area contributed by atoms with Gasteiger partial charge in [0, 0.05) is 35.9 Å². The van der Waals surface area contributed by atoms with Gasteiger partial charge in [-0.05, 0) is 11.6 Å². The Hall–Kier alpha value is -2.69. The van der Waals surface area contributed by atoms with Crippen LogP contribution in [0.25, 0.3) is 0 Å². The van der Waals surface area contributed by atoms with Crippen molar-refractivity contribution in [1.82, 2.24) is 4.98 Å². The van der Waals surface area contributed by atoms with Gasteiger partial charge in [0.15, 0.2) is 0 Å². The first-order valence-corrected chi connectivity index (χ1v) is 5.79. The molecule has 0 aliphatic rings. The largest absolute Gasteiger partial charge is 0.478 e. The highest BCUT2D eigenvalue weighted by Gasteiger charge is 2.14. The smallest absolute Gasteiger partial charge is 0.338 e. The molecular formula is C15H15NO4. The Balaban J connectivity index is 2.88. The summed E-state index contributed by atoms with van der Waals surface area (Å²) >= 11 is 0. The first kappa shape index (κ1) is 15.4. The van der Waals surface area contributed by atoms with Crippen LogP contribution in [0.15, 0.2) is 55.5 Å². The van der Waals surface area contributed by atoms with Gasteiger partial charge in [0.1, 0.15) is 0 Å². The fourth-order valence-electron chi connectivity index (χ4n) is 1.53. The van der Waals surface area contributed by atoms with E-state index in [9.17, 15) is 9.59 Å². The van der Waals surface area contributed by atoms with Crippen molar-refractivity contribution in [3.63, 3.8) is 0 Å². The minimum atomic E-state index is -1.07. The summed E-state index contributed by atoms with van der Waals surface area (Å²) in [5.41, 5.74) is 1.53. The van der Waals surface area contributed by atoms with Gasteiger partial charge in [-0.25, -0.2) is 9.59 Å². The molecule has 1 N–H and O–H groups in total. The van der Waals surface area contributed by atoms with Crippen LogP contribution in [0.4, 0.5) is 0 Å². The van der Waals surface area contributed by atoms with Crippen LogP contribution >= 0.6 is 0 Å². The highest BCUT2D eigenvalue weighted by atomic mass is 16.5. The highest BCUT2D eigenvalue weighted by molar-refractivity contribution is 5.88. The molecule has 0 saturated carbocycles. The van der Waals surface area contributed by atoms with Crippen LogP contribution in [0.1, 0.15) is 11.3 Å². The lowest BCUT2D eigenvalue weighted by Gasteiger charge is -2.09. The third kappa shape index (κ3) is 4.20. The number of carboxylic acid groups (broad SMARTS) is 1. The third-order valence-corrected chi connectivity index (χ3v) is 2.55. The van der Waals surface area contributed by atoms with Crippen molar-refractivity contribution in [1.29, 1.82) is 0 Å². The van der Waals surface area contributed by atoms with Gasteiger partial charge < -0.3 is 9.84 Å². The molecular weight excluding hydrogens is 258 g/mol. The van der Waals surface area contributed by atoms with E-state index in [1.807, 2.05) is 0 Å². The number of carbonyl (C=O) groups is 2. The molecule has 20 heavy (non-hydrogen) atoms. The number of aromatic nitrogens is 1. The number of carboxylic acids is 1. The Morgan fingerprint density at radius 3 is 2.60 bits per heavy atom. The standard InChI is InChI=1S/C15H15NO4/c1-4-20-15(19)11(3)9-13-12(6-5-7-16-13)8-10(2)14(17)18/h4-7H,1-3,8-9H2,(H,17,18). The molecule has 0 aromatic carbocycles. The number of pyridine rings is 1. The molecule has 0 spiro atoms. The maximum atomic E-state index is 11.5. The van der Waals surface area contributed by atoms with Crippen LogP contribution in [0.2, 0.25) is 0 Å². The molecule has 104 valence electrons. The molecule has 5 heteroatoms. The number of hydrogen-bond acceptors (Lipinski definition) is 4. The maximum absolute atomic E-state index is 11.5. The summed E-state index contributed by atoms with van der Waals surface area (Å²) < 4.78 is 4.62. The maximum Gasteiger partial charge on any atom is 0.338 e. The summed E-state index contributed by atoms with van der Waals surface area (Å²) in [5, 5.41) is 8.85. The lowest BCUT2D eigenvalue weighted by Crippen LogP contribution is -2.10. The van der Waals surface area contributed by atoms with E-state index in [-0.39, 0.29) is 24.0 Å². The molecule has 5 nitrogen and oxygen atoms in total. The van der Waals surface area contributed by atoms with Crippen molar-refractivity contribution in [3.8, 4) is 0 Å². The van der Waals surface area contributed by atoms with Gasteiger partial charge in [-0.15, -0.1) is 0 Å². The quantitative estimate of drug-likeness (QED) is 0.467. The van der Waals surface area contributed by atoms with Crippen molar-refractivity contribution in [2.45, 2.75) is 12.8 Å². The second kappa shape index (κ2) is 7.04. The number of rotatable bonds is 7. The zero-order valence-corrected chi connectivity index (χ0v) is 11.0. The average Bonchev–Trinajstić information content (AvgIpc) is 2.40. The number of esters is 1. The van der Waals surface area contributed by atoms with Gasteiger partial charge >= 0.3 is 11.9 Å². The predicted molar refractivity (Wildman–Crippen MR) is 73.8 cm³/mol. The van der Waals surface area contributed by atoms with Gasteiger partial charge in [-0.2, -0.15) is 0 Å². The van der Waals surface area contributed by atoms with Crippen molar-refractivity contribution >= 4 is 11.9 Å². The van der Waals surface area contributed by atoms with Crippen molar-refractivity contribution in [2.75, 3.05) is 0 Å². The molecule has 0 bridgehead atoms. The van der Waals surface area contributed by atoms with Crippen molar-refractivity contribution in [3.05, 3.63) is 66.7 Å². The fraction of sp³-hybridized carbons (Fsp3) is 0.133. The Morgan fingerprint density at radius 1 is 1.30 bits per heavy atom. The summed E-state index contributed by atoms with van der Waals surface area (Å²) in [6, 6.07) is 3.43. The number of ether oxygens (including phenoxy) is 1. The normalized spacial score (nSPS) is 9.60. The molecule has 0 radical (unpaired) electrons. The van der Waals surface area contributed by atoms with Crippen LogP contribution in [0.5, 0.6) is 0 Å². The van der Waals surface area contributed by atoms with E-state index < -0.39 is 11.9 Å². The molecule has 1 rings (SSSR count). The molecule has 1 heterocycles. The zero-order chi connectivity index (χ0) is 15.1. The summed E-state index contributed by atoms with van der Waals surface area (Å²) in [4.78, 5) is 26.4. The van der Waals surface area contributed by atoms with E-state index in [0.717, 1.165) is 6.26 Å². The lowest BCUT2D eigenvalue weighted by molar-refractivity contribution is -0.134. The van der Waals surface area contributed by atoms with Gasteiger partial charge in [-0.3, -0.25) is 4.98 Å². The van der Waals surface area contributed by atoms with E-state index in [2.05, 4.69) is 29.5 Å². The summed E-state index contributed by atoms with van der Waals surface area (Å²) in [7, 11) is 0. The second-order valence-corrected chi connectivity index (χ2v) is 4.05. The Morgan fingerprint density at radius 2 is 2.00 bits per heavy atom. The van der Waals surface area contributed by atoms with E-state index in [1.54, 1.807) is 18.3 Å². The van der Waals surface area contributed by atoms with Crippen LogP contribution in [-0.4, -0.2) is 22.0 Å². The third-order valence-electron chi connectivity index (χ3n) is 2.55. The first-order valence-electron chi connectivity index (χ1n) is 5.79. The Labute approximate surface area is 116 Å². The SMILES string of the molecule is C=COC(=O)C(=C)Cc1ncccc1CC(=C)C(=O)O. The van der Waals surface area contributed by atoms with E-state index in [1.165, 1.54) is 0 Å². The Kier molecular flexibility index (Phi) is 5.41. The van der Waals surface area contributed by atoms with Crippen LogP contribution < -0.4 is 0 Å². The van der Waals surface area contributed by atoms with E-state index in [4.69, 9.17) is 5.11 Å². The van der Waals surface area contributed by atoms with Crippen molar-refractivity contribution in [2.24, 2.45) is 0 Å². The molecule has 0 fully saturated rings. The summed E-state index contributed by atoms with van der Waals surface area (Å²) in [5.74, 6) is -1.65. The predicted octanol–water partition coefficient (Wildman–Crippen LogP) is 2.05. The highest BCUT2D eigenvalue weighted by Crippen LogP contribution is 2.15. The number of aliphatic carboxylic acids is 1. The molecule has 0 saturated heterocycles. The van der Waals surface area contributed by atoms with Gasteiger partial charge in [0.25, 0.3) is 0 Å². The molecule has 0 unspecified atom stereocenters. The molecule has 0 atom stereocenters. The average molecular weight is 273 g/mol. The Bertz CT molecular complexity index is 575. The van der Waals surface area contributed by atoms with E-state index >= 15 is 0 Å².